The van der Waals surface area contributed by atoms with Crippen molar-refractivity contribution in [1.29, 1.82) is 0 Å². The molecule has 4 heteroatoms. The van der Waals surface area contributed by atoms with Crippen molar-refractivity contribution in [3.8, 4) is 0 Å². The van der Waals surface area contributed by atoms with Crippen molar-refractivity contribution in [1.82, 2.24) is 9.88 Å². The molecule has 1 aliphatic rings. The zero-order valence-electron chi connectivity index (χ0n) is 11.1. The Morgan fingerprint density at radius 2 is 2.32 bits per heavy atom. The molecule has 0 amide bonds. The first kappa shape index (κ1) is 12.8. The summed E-state index contributed by atoms with van der Waals surface area (Å²) in [6.45, 7) is 5.88. The smallest absolute Gasteiger partial charge is 0.112 e. The molecule has 0 aliphatic carbocycles. The number of nitrogens with zero attached hydrogens (tertiary/aromatic N) is 2. The first-order chi connectivity index (χ1) is 9.31. The van der Waals surface area contributed by atoms with E-state index in [1.54, 1.807) is 0 Å². The molecule has 1 atom stereocenters. The predicted octanol–water partition coefficient (Wildman–Crippen LogP) is 3.03. The van der Waals surface area contributed by atoms with Crippen molar-refractivity contribution in [2.75, 3.05) is 19.7 Å². The molecule has 0 spiro atoms. The number of rotatable bonds is 3. The molecule has 0 saturated carbocycles. The van der Waals surface area contributed by atoms with E-state index < -0.39 is 0 Å². The van der Waals surface area contributed by atoms with Gasteiger partial charge in [-0.25, -0.2) is 0 Å². The predicted molar refractivity (Wildman–Crippen MR) is 77.3 cm³/mol. The zero-order valence-corrected chi connectivity index (χ0v) is 11.9. The number of thiophene rings is 1. The van der Waals surface area contributed by atoms with Crippen molar-refractivity contribution >= 4 is 11.3 Å². The molecule has 2 aromatic heterocycles. The van der Waals surface area contributed by atoms with Crippen LogP contribution in [-0.4, -0.2) is 29.6 Å². The van der Waals surface area contributed by atoms with Gasteiger partial charge >= 0.3 is 0 Å². The molecule has 1 aliphatic heterocycles. The minimum absolute atomic E-state index is 0.107. The Morgan fingerprint density at radius 1 is 1.37 bits per heavy atom. The van der Waals surface area contributed by atoms with Gasteiger partial charge in [0, 0.05) is 35.6 Å². The van der Waals surface area contributed by atoms with Crippen LogP contribution in [-0.2, 0) is 11.3 Å². The lowest BCUT2D eigenvalue weighted by Crippen LogP contribution is -2.37. The average Bonchev–Trinajstić information content (AvgIpc) is 2.85. The van der Waals surface area contributed by atoms with E-state index in [1.807, 2.05) is 35.7 Å². The Hall–Kier alpha value is -1.23. The van der Waals surface area contributed by atoms with Gasteiger partial charge in [-0.3, -0.25) is 9.88 Å². The largest absolute Gasteiger partial charge is 0.369 e. The fourth-order valence-corrected chi connectivity index (χ4v) is 3.31. The number of aryl methyl sites for hydroxylation is 1. The summed E-state index contributed by atoms with van der Waals surface area (Å²) >= 11 is 1.88. The van der Waals surface area contributed by atoms with Crippen LogP contribution in [0.4, 0.5) is 0 Å². The summed E-state index contributed by atoms with van der Waals surface area (Å²) in [7, 11) is 0. The van der Waals surface area contributed by atoms with Gasteiger partial charge in [-0.15, -0.1) is 11.3 Å². The average molecular weight is 274 g/mol. The third-order valence-corrected chi connectivity index (χ3v) is 4.33. The summed E-state index contributed by atoms with van der Waals surface area (Å²) in [4.78, 5) is 9.66. The van der Waals surface area contributed by atoms with E-state index in [-0.39, 0.29) is 6.10 Å². The Kier molecular flexibility index (Phi) is 3.92. The van der Waals surface area contributed by atoms with E-state index in [9.17, 15) is 0 Å². The standard InChI is InChI=1S/C15H18N2OS/c1-12-5-6-13(19-12)10-17-8-9-18-15(11-17)14-4-2-3-7-16-14/h2-7,15H,8-11H2,1H3/t15-/m0/s1. The van der Waals surface area contributed by atoms with Gasteiger partial charge in [0.25, 0.3) is 0 Å². The quantitative estimate of drug-likeness (QED) is 0.860. The number of aromatic nitrogens is 1. The van der Waals surface area contributed by atoms with Crippen LogP contribution in [0.25, 0.3) is 0 Å². The van der Waals surface area contributed by atoms with Crippen molar-refractivity contribution in [3.05, 3.63) is 52.0 Å². The maximum Gasteiger partial charge on any atom is 0.112 e. The van der Waals surface area contributed by atoms with Crippen LogP contribution >= 0.6 is 11.3 Å². The Labute approximate surface area is 117 Å². The second-order valence-corrected chi connectivity index (χ2v) is 6.23. The summed E-state index contributed by atoms with van der Waals surface area (Å²) in [5.74, 6) is 0. The van der Waals surface area contributed by atoms with E-state index >= 15 is 0 Å². The highest BCUT2D eigenvalue weighted by atomic mass is 32.1. The summed E-state index contributed by atoms with van der Waals surface area (Å²) < 4.78 is 5.84. The molecule has 1 saturated heterocycles. The summed E-state index contributed by atoms with van der Waals surface area (Å²) in [5.41, 5.74) is 1.04. The van der Waals surface area contributed by atoms with Crippen LogP contribution in [0.3, 0.4) is 0 Å². The number of ether oxygens (including phenoxy) is 1. The molecule has 0 radical (unpaired) electrons. The van der Waals surface area contributed by atoms with Gasteiger partial charge in [-0.05, 0) is 31.2 Å². The van der Waals surface area contributed by atoms with Crippen LogP contribution < -0.4 is 0 Å². The zero-order chi connectivity index (χ0) is 13.1. The van der Waals surface area contributed by atoms with Crippen LogP contribution in [0.15, 0.2) is 36.5 Å². The van der Waals surface area contributed by atoms with E-state index in [2.05, 4.69) is 28.9 Å². The van der Waals surface area contributed by atoms with Gasteiger partial charge in [-0.1, -0.05) is 6.07 Å². The van der Waals surface area contributed by atoms with Crippen LogP contribution in [0.1, 0.15) is 21.6 Å². The van der Waals surface area contributed by atoms with Crippen LogP contribution in [0.2, 0.25) is 0 Å². The van der Waals surface area contributed by atoms with E-state index in [4.69, 9.17) is 4.74 Å². The Bertz CT molecular complexity index is 526. The fourth-order valence-electron chi connectivity index (χ4n) is 2.38. The minimum atomic E-state index is 0.107. The van der Waals surface area contributed by atoms with Crippen molar-refractivity contribution in [3.63, 3.8) is 0 Å². The molecule has 1 fully saturated rings. The van der Waals surface area contributed by atoms with Gasteiger partial charge in [0.1, 0.15) is 6.10 Å². The number of hydrogen-bond donors (Lipinski definition) is 0. The lowest BCUT2D eigenvalue weighted by atomic mass is 10.2. The van der Waals surface area contributed by atoms with E-state index in [0.717, 1.165) is 31.9 Å². The number of hydrogen-bond acceptors (Lipinski definition) is 4. The van der Waals surface area contributed by atoms with Crippen LogP contribution in [0.5, 0.6) is 0 Å². The highest BCUT2D eigenvalue weighted by Gasteiger charge is 2.22. The number of morpholine rings is 1. The lowest BCUT2D eigenvalue weighted by molar-refractivity contribution is -0.0346. The monoisotopic (exact) mass is 274 g/mol. The molecule has 0 N–H and O–H groups in total. The maximum atomic E-state index is 5.84. The number of pyridine rings is 1. The molecule has 3 rings (SSSR count). The van der Waals surface area contributed by atoms with Crippen LogP contribution in [0, 0.1) is 6.92 Å². The molecule has 0 bridgehead atoms. The molecule has 0 unspecified atom stereocenters. The van der Waals surface area contributed by atoms with E-state index in [0.29, 0.717) is 0 Å². The first-order valence-electron chi connectivity index (χ1n) is 6.61. The van der Waals surface area contributed by atoms with Crippen molar-refractivity contribution in [2.45, 2.75) is 19.6 Å². The third kappa shape index (κ3) is 3.21. The topological polar surface area (TPSA) is 25.4 Å². The van der Waals surface area contributed by atoms with Gasteiger partial charge < -0.3 is 4.74 Å². The highest BCUT2D eigenvalue weighted by Crippen LogP contribution is 2.23. The SMILES string of the molecule is Cc1ccc(CN2CCO[C@H](c3ccccn3)C2)s1. The van der Waals surface area contributed by atoms with Gasteiger partial charge in [0.2, 0.25) is 0 Å². The summed E-state index contributed by atoms with van der Waals surface area (Å²) in [6, 6.07) is 10.4. The third-order valence-electron chi connectivity index (χ3n) is 3.34. The molecule has 3 nitrogen and oxygen atoms in total. The van der Waals surface area contributed by atoms with Gasteiger partial charge in [0.15, 0.2) is 0 Å². The lowest BCUT2D eigenvalue weighted by Gasteiger charge is -2.32. The minimum Gasteiger partial charge on any atom is -0.369 e. The molecular formula is C15H18N2OS. The van der Waals surface area contributed by atoms with Crippen molar-refractivity contribution in [2.24, 2.45) is 0 Å². The summed E-state index contributed by atoms with van der Waals surface area (Å²) in [6.07, 6.45) is 1.94. The Balaban J connectivity index is 1.65. The normalized spacial score (nSPS) is 20.6. The highest BCUT2D eigenvalue weighted by molar-refractivity contribution is 7.11. The molecule has 2 aromatic rings. The first-order valence-corrected chi connectivity index (χ1v) is 7.43. The second-order valence-electron chi connectivity index (χ2n) is 4.86. The van der Waals surface area contributed by atoms with E-state index in [1.165, 1.54) is 9.75 Å². The van der Waals surface area contributed by atoms with Gasteiger partial charge in [-0.2, -0.15) is 0 Å². The van der Waals surface area contributed by atoms with Crippen molar-refractivity contribution < 1.29 is 4.74 Å². The summed E-state index contributed by atoms with van der Waals surface area (Å²) in [5, 5.41) is 0. The maximum absolute atomic E-state index is 5.84. The molecule has 19 heavy (non-hydrogen) atoms. The molecule has 0 aromatic carbocycles. The van der Waals surface area contributed by atoms with Gasteiger partial charge in [0.05, 0.1) is 12.3 Å². The molecule has 3 heterocycles. The fraction of sp³-hybridized carbons (Fsp3) is 0.400. The second kappa shape index (κ2) is 5.82. The molecular weight excluding hydrogens is 256 g/mol. The molecule has 100 valence electrons. The Morgan fingerprint density at radius 3 is 3.05 bits per heavy atom.